The van der Waals surface area contributed by atoms with Crippen molar-refractivity contribution in [2.75, 3.05) is 11.6 Å². The molecule has 9 nitrogen and oxygen atoms in total. The lowest BCUT2D eigenvalue weighted by Gasteiger charge is -2.18. The van der Waals surface area contributed by atoms with Gasteiger partial charge in [0.15, 0.2) is 17.7 Å². The van der Waals surface area contributed by atoms with Crippen molar-refractivity contribution < 1.29 is 20.1 Å². The van der Waals surface area contributed by atoms with Crippen molar-refractivity contribution in [2.24, 2.45) is 0 Å². The number of fused-ring (bicyclic) bond motifs is 1. The van der Waals surface area contributed by atoms with Gasteiger partial charge in [-0.3, -0.25) is 4.57 Å². The summed E-state index contributed by atoms with van der Waals surface area (Å²) >= 11 is 5.55. The highest BCUT2D eigenvalue weighted by molar-refractivity contribution is 6.18. The number of aromatic nitrogens is 4. The monoisotopic (exact) mass is 351 g/mol. The highest BCUT2D eigenvalue weighted by atomic mass is 35.5. The van der Waals surface area contributed by atoms with Gasteiger partial charge in [0.2, 0.25) is 0 Å². The molecule has 0 saturated carbocycles. The van der Waals surface area contributed by atoms with Crippen LogP contribution in [0.1, 0.15) is 6.23 Å². The summed E-state index contributed by atoms with van der Waals surface area (Å²) in [6.45, 7) is 0. The molecule has 122 valence electrons. The Morgan fingerprint density at radius 2 is 2.05 bits per heavy atom. The number of ether oxygens (including phenoxy) is 1. The predicted octanol–water partition coefficient (Wildman–Crippen LogP) is -0.951. The maximum Gasteiger partial charge on any atom is 0.167 e. The predicted molar refractivity (Wildman–Crippen MR) is 79.6 cm³/mol. The van der Waals surface area contributed by atoms with Gasteiger partial charge < -0.3 is 25.8 Å². The largest absolute Gasteiger partial charge is 0.389 e. The summed E-state index contributed by atoms with van der Waals surface area (Å²) in [6.07, 6.45) is -2.95. The highest BCUT2D eigenvalue weighted by Crippen LogP contribution is 2.33. The summed E-state index contributed by atoms with van der Waals surface area (Å²) in [5.41, 5.74) is 6.42. The molecule has 0 amide bonds. The van der Waals surface area contributed by atoms with E-state index < -0.39 is 30.6 Å². The van der Waals surface area contributed by atoms with E-state index in [2.05, 4.69) is 15.0 Å². The summed E-state index contributed by atoms with van der Waals surface area (Å²) in [7, 11) is 0. The fourth-order valence-corrected chi connectivity index (χ4v) is 2.55. The number of rotatable bonds is 3. The maximum atomic E-state index is 10.1. The zero-order chi connectivity index (χ0) is 15.1. The minimum atomic E-state index is -1.28. The van der Waals surface area contributed by atoms with Crippen molar-refractivity contribution in [2.45, 2.75) is 30.6 Å². The Bertz CT molecular complexity index is 656. The molecule has 11 heteroatoms. The summed E-state index contributed by atoms with van der Waals surface area (Å²) in [5.74, 6) is 0.0742. The number of hydrogen-bond donors (Lipinski definition) is 4. The number of alkyl halides is 1. The van der Waals surface area contributed by atoms with Crippen molar-refractivity contribution in [1.29, 1.82) is 0 Å². The molecule has 0 aromatic carbocycles. The van der Waals surface area contributed by atoms with Gasteiger partial charge in [-0.15, -0.1) is 24.0 Å². The van der Waals surface area contributed by atoms with Crippen LogP contribution in [0, 0.1) is 0 Å². The molecule has 3 rings (SSSR count). The normalized spacial score (nSPS) is 29.5. The molecule has 0 spiro atoms. The van der Waals surface area contributed by atoms with Crippen molar-refractivity contribution in [1.82, 2.24) is 19.5 Å². The summed E-state index contributed by atoms with van der Waals surface area (Å²) in [5, 5.41) is 29.8. The Morgan fingerprint density at radius 1 is 1.32 bits per heavy atom. The zero-order valence-electron chi connectivity index (χ0n) is 11.2. The number of anilines is 1. The van der Waals surface area contributed by atoms with Gasteiger partial charge >= 0.3 is 0 Å². The summed E-state index contributed by atoms with van der Waals surface area (Å²) in [6, 6.07) is 0. The van der Waals surface area contributed by atoms with E-state index in [-0.39, 0.29) is 24.1 Å². The zero-order valence-corrected chi connectivity index (χ0v) is 12.7. The Hall–Kier alpha value is -1.23. The first-order chi connectivity index (χ1) is 10.0. The molecule has 0 radical (unpaired) electrons. The Labute approximate surface area is 136 Å². The molecule has 0 aliphatic carbocycles. The Morgan fingerprint density at radius 3 is 2.73 bits per heavy atom. The average molecular weight is 352 g/mol. The molecule has 5 N–H and O–H groups in total. The SMILES string of the molecule is Cl.Nc1ncnc2c1ncn2[C@@H]1O[C@H](C(O)CCl)[C@@H](O)[C@H]1O. The second kappa shape index (κ2) is 6.49. The first-order valence-corrected chi connectivity index (χ1v) is 6.76. The van der Waals surface area contributed by atoms with Crippen LogP contribution >= 0.6 is 24.0 Å². The molecule has 3 heterocycles. The number of aliphatic hydroxyl groups excluding tert-OH is 3. The number of hydrogen-bond acceptors (Lipinski definition) is 8. The van der Waals surface area contributed by atoms with E-state index in [1.165, 1.54) is 17.2 Å². The molecular weight excluding hydrogens is 337 g/mol. The minimum absolute atomic E-state index is 0. The fourth-order valence-electron chi connectivity index (χ4n) is 2.38. The number of nitrogen functional groups attached to an aromatic ring is 1. The quantitative estimate of drug-likeness (QED) is 0.519. The Kier molecular flexibility index (Phi) is 5.05. The lowest BCUT2D eigenvalue weighted by Crippen LogP contribution is -2.39. The molecule has 1 saturated heterocycles. The van der Waals surface area contributed by atoms with Crippen LogP contribution in [0.3, 0.4) is 0 Å². The van der Waals surface area contributed by atoms with Crippen molar-refractivity contribution in [3.05, 3.63) is 12.7 Å². The lowest BCUT2D eigenvalue weighted by atomic mass is 10.1. The van der Waals surface area contributed by atoms with Crippen LogP contribution in [0.5, 0.6) is 0 Å². The van der Waals surface area contributed by atoms with Gasteiger partial charge in [-0.2, -0.15) is 0 Å². The van der Waals surface area contributed by atoms with Crippen molar-refractivity contribution in [3.8, 4) is 0 Å². The van der Waals surface area contributed by atoms with Crippen LogP contribution in [0.15, 0.2) is 12.7 Å². The highest BCUT2D eigenvalue weighted by Gasteiger charge is 2.47. The van der Waals surface area contributed by atoms with Crippen LogP contribution in [0.4, 0.5) is 5.82 Å². The van der Waals surface area contributed by atoms with E-state index >= 15 is 0 Å². The second-order valence-corrected chi connectivity index (χ2v) is 5.09. The van der Waals surface area contributed by atoms with Gasteiger partial charge in [-0.25, -0.2) is 15.0 Å². The molecule has 1 unspecified atom stereocenters. The maximum absolute atomic E-state index is 10.1. The van der Waals surface area contributed by atoms with Gasteiger partial charge in [0.05, 0.1) is 18.3 Å². The van der Waals surface area contributed by atoms with Crippen LogP contribution in [-0.4, -0.2) is 65.1 Å². The van der Waals surface area contributed by atoms with Crippen molar-refractivity contribution in [3.63, 3.8) is 0 Å². The molecule has 1 aliphatic rings. The van der Waals surface area contributed by atoms with Crippen LogP contribution in [0.25, 0.3) is 11.2 Å². The number of imidazole rings is 1. The number of halogens is 2. The van der Waals surface area contributed by atoms with E-state index in [1.807, 2.05) is 0 Å². The van der Waals surface area contributed by atoms with Crippen LogP contribution in [-0.2, 0) is 4.74 Å². The van der Waals surface area contributed by atoms with Gasteiger partial charge in [0.25, 0.3) is 0 Å². The molecular formula is C11H15Cl2N5O4. The second-order valence-electron chi connectivity index (χ2n) is 4.78. The van der Waals surface area contributed by atoms with Gasteiger partial charge in [-0.1, -0.05) is 0 Å². The standard InChI is InChI=1S/C11H14ClN5O4.ClH/c12-1-4(18)8-6(19)7(20)11(21-8)17-3-16-5-9(13)14-2-15-10(5)17;/h2-4,6-8,11,18-20H,1H2,(H2,13,14,15);1H/t4?,6-,7+,8+,11+;/m0./s1. The topological polar surface area (TPSA) is 140 Å². The third-order valence-electron chi connectivity index (χ3n) is 3.47. The Balaban J connectivity index is 0.00000176. The van der Waals surface area contributed by atoms with Crippen LogP contribution in [0.2, 0.25) is 0 Å². The molecule has 1 fully saturated rings. The third-order valence-corrected chi connectivity index (χ3v) is 3.79. The minimum Gasteiger partial charge on any atom is -0.389 e. The summed E-state index contributed by atoms with van der Waals surface area (Å²) < 4.78 is 6.95. The number of nitrogens with zero attached hydrogens (tertiary/aromatic N) is 4. The molecule has 2 aromatic rings. The molecule has 2 aromatic heterocycles. The molecule has 1 aliphatic heterocycles. The first-order valence-electron chi connectivity index (χ1n) is 6.23. The average Bonchev–Trinajstić information content (AvgIpc) is 3.02. The van der Waals surface area contributed by atoms with Gasteiger partial charge in [0, 0.05) is 0 Å². The van der Waals surface area contributed by atoms with Crippen LogP contribution < -0.4 is 5.73 Å². The molecule has 5 atom stereocenters. The van der Waals surface area contributed by atoms with Gasteiger partial charge in [0.1, 0.15) is 30.2 Å². The first kappa shape index (κ1) is 17.1. The smallest absolute Gasteiger partial charge is 0.167 e. The van der Waals surface area contributed by atoms with E-state index in [1.54, 1.807) is 0 Å². The van der Waals surface area contributed by atoms with E-state index in [9.17, 15) is 15.3 Å². The van der Waals surface area contributed by atoms with E-state index in [4.69, 9.17) is 22.1 Å². The third kappa shape index (κ3) is 2.60. The fraction of sp³-hybridized carbons (Fsp3) is 0.545. The van der Waals surface area contributed by atoms with Gasteiger partial charge in [-0.05, 0) is 0 Å². The van der Waals surface area contributed by atoms with E-state index in [0.29, 0.717) is 11.2 Å². The number of nitrogens with two attached hydrogens (primary N) is 1. The van der Waals surface area contributed by atoms with E-state index in [0.717, 1.165) is 0 Å². The molecule has 0 bridgehead atoms. The van der Waals surface area contributed by atoms with Crippen molar-refractivity contribution >= 4 is 41.0 Å². The summed E-state index contributed by atoms with van der Waals surface area (Å²) in [4.78, 5) is 11.9. The molecule has 22 heavy (non-hydrogen) atoms. The number of aliphatic hydroxyl groups is 3. The lowest BCUT2D eigenvalue weighted by molar-refractivity contribution is -0.0767.